The van der Waals surface area contributed by atoms with E-state index in [-0.39, 0.29) is 0 Å². The van der Waals surface area contributed by atoms with Crippen molar-refractivity contribution in [3.63, 3.8) is 0 Å². The van der Waals surface area contributed by atoms with Gasteiger partial charge in [-0.25, -0.2) is 0 Å². The van der Waals surface area contributed by atoms with Gasteiger partial charge in [0, 0.05) is 0 Å². The quantitative estimate of drug-likeness (QED) is 0.582. The molecule has 0 radical (unpaired) electrons. The van der Waals surface area contributed by atoms with Crippen LogP contribution < -0.4 is 5.73 Å². The molecule has 0 aromatic carbocycles. The summed E-state index contributed by atoms with van der Waals surface area (Å²) >= 11 is 0. The van der Waals surface area contributed by atoms with Crippen molar-refractivity contribution in [2.45, 2.75) is 18.6 Å². The van der Waals surface area contributed by atoms with E-state index >= 15 is 0 Å². The SMILES string of the molecule is N#CCC(N)C(F)(F)F. The Hall–Kier alpha value is -0.760. The van der Waals surface area contributed by atoms with Crippen LogP contribution in [0.5, 0.6) is 0 Å². The fraction of sp³-hybridized carbons (Fsp3) is 0.750. The van der Waals surface area contributed by atoms with Crippen LogP contribution in [0.4, 0.5) is 13.2 Å². The van der Waals surface area contributed by atoms with E-state index in [9.17, 15) is 13.2 Å². The molecule has 0 fully saturated rings. The van der Waals surface area contributed by atoms with E-state index in [0.717, 1.165) is 0 Å². The molecule has 0 aliphatic carbocycles. The lowest BCUT2D eigenvalue weighted by atomic mass is 10.2. The number of nitriles is 1. The Labute approximate surface area is 50.1 Å². The van der Waals surface area contributed by atoms with Gasteiger partial charge in [0.25, 0.3) is 0 Å². The number of nitrogens with zero attached hydrogens (tertiary/aromatic N) is 1. The Morgan fingerprint density at radius 1 is 1.56 bits per heavy atom. The highest BCUT2D eigenvalue weighted by molar-refractivity contribution is 4.82. The zero-order valence-corrected chi connectivity index (χ0v) is 4.44. The standard InChI is InChI=1S/C4H5F3N2/c5-4(6,7)3(9)1-2-8/h3H,1,9H2. The second kappa shape index (κ2) is 2.69. The van der Waals surface area contributed by atoms with E-state index < -0.39 is 18.6 Å². The lowest BCUT2D eigenvalue weighted by Gasteiger charge is -2.10. The minimum Gasteiger partial charge on any atom is -0.319 e. The molecule has 1 atom stereocenters. The van der Waals surface area contributed by atoms with E-state index in [2.05, 4.69) is 5.73 Å². The number of alkyl halides is 3. The van der Waals surface area contributed by atoms with Crippen LogP contribution in [0.2, 0.25) is 0 Å². The molecule has 5 heteroatoms. The van der Waals surface area contributed by atoms with Gasteiger partial charge in [-0.05, 0) is 0 Å². The molecule has 0 aromatic heterocycles. The van der Waals surface area contributed by atoms with Crippen LogP contribution in [0, 0.1) is 11.3 Å². The van der Waals surface area contributed by atoms with Gasteiger partial charge in [0.15, 0.2) is 0 Å². The second-order valence-corrected chi connectivity index (χ2v) is 1.51. The van der Waals surface area contributed by atoms with Gasteiger partial charge in [-0.15, -0.1) is 0 Å². The summed E-state index contributed by atoms with van der Waals surface area (Å²) in [5.41, 5.74) is 4.51. The summed E-state index contributed by atoms with van der Waals surface area (Å²) < 4.78 is 34.1. The highest BCUT2D eigenvalue weighted by atomic mass is 19.4. The van der Waals surface area contributed by atoms with E-state index in [0.29, 0.717) is 0 Å². The second-order valence-electron chi connectivity index (χ2n) is 1.51. The number of halogens is 3. The molecule has 9 heavy (non-hydrogen) atoms. The minimum absolute atomic E-state index is 0.677. The Morgan fingerprint density at radius 3 is 2.11 bits per heavy atom. The normalized spacial score (nSPS) is 14.6. The maximum Gasteiger partial charge on any atom is 0.404 e. The molecule has 0 heterocycles. The van der Waals surface area contributed by atoms with Crippen LogP contribution in [-0.2, 0) is 0 Å². The van der Waals surface area contributed by atoms with E-state index in [1.807, 2.05) is 0 Å². The first-order valence-corrected chi connectivity index (χ1v) is 2.17. The van der Waals surface area contributed by atoms with Crippen molar-refractivity contribution in [1.29, 1.82) is 5.26 Å². The van der Waals surface area contributed by atoms with Crippen molar-refractivity contribution in [2.75, 3.05) is 0 Å². The van der Waals surface area contributed by atoms with E-state index in [4.69, 9.17) is 5.26 Å². The largest absolute Gasteiger partial charge is 0.404 e. The summed E-state index contributed by atoms with van der Waals surface area (Å²) in [6, 6.07) is -0.669. The molecule has 0 amide bonds. The first-order chi connectivity index (χ1) is 3.98. The first-order valence-electron chi connectivity index (χ1n) is 2.17. The lowest BCUT2D eigenvalue weighted by molar-refractivity contribution is -0.146. The molecule has 52 valence electrons. The third kappa shape index (κ3) is 2.93. The van der Waals surface area contributed by atoms with Gasteiger partial charge in [-0.1, -0.05) is 0 Å². The number of hydrogen-bond donors (Lipinski definition) is 1. The summed E-state index contributed by atoms with van der Waals surface area (Å²) in [6.07, 6.45) is -5.11. The zero-order valence-electron chi connectivity index (χ0n) is 4.44. The first kappa shape index (κ1) is 8.24. The van der Waals surface area contributed by atoms with Gasteiger partial charge in [-0.3, -0.25) is 0 Å². The van der Waals surface area contributed by atoms with Crippen molar-refractivity contribution in [2.24, 2.45) is 5.73 Å². The molecule has 2 N–H and O–H groups in total. The Balaban J connectivity index is 3.76. The highest BCUT2D eigenvalue weighted by Crippen LogP contribution is 2.19. The minimum atomic E-state index is -4.43. The smallest absolute Gasteiger partial charge is 0.319 e. The summed E-state index contributed by atoms with van der Waals surface area (Å²) in [5, 5.41) is 7.77. The van der Waals surface area contributed by atoms with Crippen LogP contribution in [0.3, 0.4) is 0 Å². The zero-order chi connectivity index (χ0) is 7.49. The third-order valence-corrected chi connectivity index (χ3v) is 0.732. The maximum absolute atomic E-state index is 11.4. The van der Waals surface area contributed by atoms with Crippen molar-refractivity contribution in [3.8, 4) is 6.07 Å². The van der Waals surface area contributed by atoms with Crippen LogP contribution in [-0.4, -0.2) is 12.2 Å². The van der Waals surface area contributed by atoms with Gasteiger partial charge in [-0.2, -0.15) is 18.4 Å². The topological polar surface area (TPSA) is 49.8 Å². The molecule has 0 spiro atoms. The lowest BCUT2D eigenvalue weighted by Crippen LogP contribution is -2.36. The monoisotopic (exact) mass is 138 g/mol. The molecule has 0 bridgehead atoms. The van der Waals surface area contributed by atoms with Gasteiger partial charge in [0.2, 0.25) is 0 Å². The highest BCUT2D eigenvalue weighted by Gasteiger charge is 2.36. The van der Waals surface area contributed by atoms with Crippen LogP contribution >= 0.6 is 0 Å². The van der Waals surface area contributed by atoms with Crippen LogP contribution in [0.15, 0.2) is 0 Å². The van der Waals surface area contributed by atoms with Crippen LogP contribution in [0.25, 0.3) is 0 Å². The molecule has 1 unspecified atom stereocenters. The van der Waals surface area contributed by atoms with Crippen molar-refractivity contribution in [3.05, 3.63) is 0 Å². The maximum atomic E-state index is 11.4. The van der Waals surface area contributed by atoms with Crippen molar-refractivity contribution < 1.29 is 13.2 Å². The predicted molar refractivity (Wildman–Crippen MR) is 24.3 cm³/mol. The number of nitrogens with two attached hydrogens (primary N) is 1. The van der Waals surface area contributed by atoms with E-state index in [1.165, 1.54) is 6.07 Å². The van der Waals surface area contributed by atoms with Crippen molar-refractivity contribution in [1.82, 2.24) is 0 Å². The molecular formula is C4H5F3N2. The molecule has 0 rings (SSSR count). The summed E-state index contributed by atoms with van der Waals surface area (Å²) in [5.74, 6) is 0. The molecule has 0 aliphatic heterocycles. The number of hydrogen-bond acceptors (Lipinski definition) is 2. The van der Waals surface area contributed by atoms with Gasteiger partial charge >= 0.3 is 6.18 Å². The fourth-order valence-corrected chi connectivity index (χ4v) is 0.214. The molecule has 0 aromatic rings. The average molecular weight is 138 g/mol. The molecule has 0 saturated heterocycles. The van der Waals surface area contributed by atoms with Gasteiger partial charge < -0.3 is 5.73 Å². The van der Waals surface area contributed by atoms with E-state index in [1.54, 1.807) is 0 Å². The molecular weight excluding hydrogens is 133 g/mol. The van der Waals surface area contributed by atoms with Crippen LogP contribution in [0.1, 0.15) is 6.42 Å². The van der Waals surface area contributed by atoms with Gasteiger partial charge in [0.1, 0.15) is 6.04 Å². The summed E-state index contributed by atoms with van der Waals surface area (Å²) in [6.45, 7) is 0. The molecule has 0 saturated carbocycles. The van der Waals surface area contributed by atoms with Crippen molar-refractivity contribution >= 4 is 0 Å². The van der Waals surface area contributed by atoms with Gasteiger partial charge in [0.05, 0.1) is 12.5 Å². The molecule has 2 nitrogen and oxygen atoms in total. The molecule has 0 aliphatic rings. The number of rotatable bonds is 1. The average Bonchev–Trinajstić information content (AvgIpc) is 1.64. The predicted octanol–water partition coefficient (Wildman–Crippen LogP) is 0.790. The Bertz CT molecular complexity index is 123. The third-order valence-electron chi connectivity index (χ3n) is 0.732. The Morgan fingerprint density at radius 2 is 2.00 bits per heavy atom. The summed E-state index contributed by atoms with van der Waals surface area (Å²) in [7, 11) is 0. The fourth-order valence-electron chi connectivity index (χ4n) is 0.214. The summed E-state index contributed by atoms with van der Waals surface area (Å²) in [4.78, 5) is 0. The Kier molecular flexibility index (Phi) is 2.46.